The van der Waals surface area contributed by atoms with Gasteiger partial charge in [0.05, 0.1) is 47.2 Å². The first kappa shape index (κ1) is 45.9. The van der Waals surface area contributed by atoms with Crippen LogP contribution < -0.4 is 20.3 Å². The maximum Gasteiger partial charge on any atom is 0.254 e. The summed E-state index contributed by atoms with van der Waals surface area (Å²) in [5.74, 6) is 2.13. The van der Waals surface area contributed by atoms with Gasteiger partial charge in [-0.2, -0.15) is 15.5 Å². The lowest BCUT2D eigenvalue weighted by molar-refractivity contribution is -0.164. The normalized spacial score (nSPS) is 20.6. The number of nitriles is 1. The molecule has 1 atom stereocenters. The van der Waals surface area contributed by atoms with E-state index < -0.39 is 16.6 Å². The predicted molar refractivity (Wildman–Crippen MR) is 257 cm³/mol. The number of carbonyl (C=O) groups excluding carboxylic acids is 2. The molecule has 2 aromatic carbocycles. The highest BCUT2D eigenvalue weighted by Gasteiger charge is 2.64. The number of carbonyl (C=O) groups is 2. The topological polar surface area (TPSA) is 180 Å². The van der Waals surface area contributed by atoms with E-state index in [1.807, 2.05) is 30.4 Å². The molecule has 0 radical (unpaired) electrons. The molecule has 2 fully saturated rings. The maximum absolute atomic E-state index is 15.6. The van der Waals surface area contributed by atoms with E-state index in [2.05, 4.69) is 78.5 Å². The zero-order valence-electron chi connectivity index (χ0n) is 39.7. The van der Waals surface area contributed by atoms with Gasteiger partial charge in [0.2, 0.25) is 11.9 Å². The molecule has 0 spiro atoms. The third-order valence-corrected chi connectivity index (χ3v) is 15.0. The Kier molecular flexibility index (Phi) is 11.9. The number of imidazole rings is 1. The van der Waals surface area contributed by atoms with Crippen LogP contribution in [0.4, 0.5) is 21.8 Å². The van der Waals surface area contributed by atoms with E-state index in [0.717, 1.165) is 86.0 Å². The number of amides is 2. The van der Waals surface area contributed by atoms with Crippen molar-refractivity contribution in [3.8, 4) is 22.9 Å². The number of anilines is 3. The van der Waals surface area contributed by atoms with Crippen molar-refractivity contribution in [2.75, 3.05) is 42.9 Å². The number of aryl methyl sites for hydroxylation is 1. The van der Waals surface area contributed by atoms with E-state index in [9.17, 15) is 14.9 Å². The number of nitrogens with one attached hydrogen (secondary N) is 2. The Morgan fingerprint density at radius 2 is 1.72 bits per heavy atom. The highest BCUT2D eigenvalue weighted by Crippen LogP contribution is 2.55. The van der Waals surface area contributed by atoms with Crippen LogP contribution in [0.2, 0.25) is 5.02 Å². The van der Waals surface area contributed by atoms with Gasteiger partial charge in [-0.1, -0.05) is 45.4 Å². The minimum absolute atomic E-state index is 0.000188. The van der Waals surface area contributed by atoms with Crippen molar-refractivity contribution in [2.24, 2.45) is 17.9 Å². The molecule has 1 unspecified atom stereocenters. The van der Waals surface area contributed by atoms with Gasteiger partial charge in [-0.15, -0.1) is 0 Å². The van der Waals surface area contributed by atoms with Crippen LogP contribution in [0.5, 0.6) is 5.75 Å². The fourth-order valence-electron chi connectivity index (χ4n) is 11.2. The largest absolute Gasteiger partial charge is 0.489 e. The quantitative estimate of drug-likeness (QED) is 0.141. The standard InChI is InChI=1S/C50H56ClFN14O3/c1-30(67)64-13-12-42-38(28-64)44(58-41-10-8-31(19-40(41)52)34-25-57-61(6)27-34)60-66(42)35-11-14-65-36(20-35)26-54-43(65)29-62-15-17-63(18-16-62)48-55-23-33(24-56-48)45(68)59-46-49(2,3)47(50(46,4)5)69-37-9-7-32(22-53)39(51)21-37/h7-10,19,21,23-27,35,46-47H,11-18,20,28-29H2,1-6H3,(H,58,60)(H,59,68). The number of piperazine rings is 1. The summed E-state index contributed by atoms with van der Waals surface area (Å²) >= 11 is 6.27. The lowest BCUT2D eigenvalue weighted by Gasteiger charge is -2.63. The first-order valence-electron chi connectivity index (χ1n) is 23.5. The molecule has 4 aliphatic rings. The van der Waals surface area contributed by atoms with E-state index in [0.29, 0.717) is 58.9 Å². The van der Waals surface area contributed by atoms with Gasteiger partial charge in [-0.25, -0.2) is 19.3 Å². The molecule has 17 nitrogen and oxygen atoms in total. The van der Waals surface area contributed by atoms with Crippen LogP contribution in [0, 0.1) is 28.0 Å². The lowest BCUT2D eigenvalue weighted by atomic mass is 9.49. The van der Waals surface area contributed by atoms with Gasteiger partial charge in [0, 0.05) is 136 Å². The molecule has 2 N–H and O–H groups in total. The molecule has 358 valence electrons. The van der Waals surface area contributed by atoms with E-state index in [4.69, 9.17) is 26.4 Å². The summed E-state index contributed by atoms with van der Waals surface area (Å²) in [5, 5.41) is 25.4. The summed E-state index contributed by atoms with van der Waals surface area (Å²) in [4.78, 5) is 46.6. The first-order chi connectivity index (χ1) is 33.1. The number of aromatic nitrogens is 8. The number of nitrogens with zero attached hydrogens (tertiary/aromatic N) is 12. The minimum Gasteiger partial charge on any atom is -0.489 e. The van der Waals surface area contributed by atoms with Crippen LogP contribution >= 0.6 is 11.6 Å². The van der Waals surface area contributed by atoms with Crippen LogP contribution in [0.1, 0.15) is 85.8 Å². The molecule has 1 saturated carbocycles. The molecule has 2 amide bonds. The van der Waals surface area contributed by atoms with Gasteiger partial charge < -0.3 is 29.7 Å². The Morgan fingerprint density at radius 1 is 0.957 bits per heavy atom. The number of rotatable bonds is 11. The molecule has 6 aromatic rings. The number of hydrogen-bond acceptors (Lipinski definition) is 12. The van der Waals surface area contributed by atoms with Gasteiger partial charge in [-0.3, -0.25) is 23.9 Å². The Bertz CT molecular complexity index is 2970. The molecule has 4 aromatic heterocycles. The number of fused-ring (bicyclic) bond motifs is 2. The molecule has 19 heteroatoms. The van der Waals surface area contributed by atoms with Crippen molar-refractivity contribution in [1.29, 1.82) is 5.26 Å². The maximum atomic E-state index is 15.6. The smallest absolute Gasteiger partial charge is 0.254 e. The molecule has 10 rings (SSSR count). The lowest BCUT2D eigenvalue weighted by Crippen LogP contribution is -2.74. The Labute approximate surface area is 405 Å². The van der Waals surface area contributed by atoms with Crippen LogP contribution in [0.25, 0.3) is 11.1 Å². The van der Waals surface area contributed by atoms with Crippen molar-refractivity contribution in [3.05, 3.63) is 112 Å². The molecular formula is C50H56ClFN14O3. The molecule has 7 heterocycles. The average Bonchev–Trinajstić information content (AvgIpc) is 4.07. The van der Waals surface area contributed by atoms with Gasteiger partial charge in [0.25, 0.3) is 5.91 Å². The molecule has 1 saturated heterocycles. The molecule has 1 aliphatic carbocycles. The summed E-state index contributed by atoms with van der Waals surface area (Å²) in [6, 6.07) is 12.1. The molecular weight excluding hydrogens is 899 g/mol. The molecule has 0 bridgehead atoms. The number of hydrogen-bond donors (Lipinski definition) is 2. The fourth-order valence-corrected chi connectivity index (χ4v) is 11.4. The highest BCUT2D eigenvalue weighted by molar-refractivity contribution is 6.31. The number of benzene rings is 2. The van der Waals surface area contributed by atoms with Crippen molar-refractivity contribution in [1.82, 2.24) is 54.2 Å². The predicted octanol–water partition coefficient (Wildman–Crippen LogP) is 6.70. The second kappa shape index (κ2) is 17.9. The van der Waals surface area contributed by atoms with Crippen molar-refractivity contribution in [2.45, 2.75) is 91.7 Å². The summed E-state index contributed by atoms with van der Waals surface area (Å²) in [6.45, 7) is 15.5. The Hall–Kier alpha value is -6.84. The van der Waals surface area contributed by atoms with Gasteiger partial charge >= 0.3 is 0 Å². The first-order valence-corrected chi connectivity index (χ1v) is 23.9. The zero-order valence-corrected chi connectivity index (χ0v) is 40.5. The van der Waals surface area contributed by atoms with E-state index in [1.165, 1.54) is 6.07 Å². The molecule has 3 aliphatic heterocycles. The molecule has 69 heavy (non-hydrogen) atoms. The van der Waals surface area contributed by atoms with E-state index in [-0.39, 0.29) is 30.0 Å². The van der Waals surface area contributed by atoms with Gasteiger partial charge in [-0.05, 0) is 36.2 Å². The average molecular weight is 956 g/mol. The van der Waals surface area contributed by atoms with Crippen molar-refractivity contribution < 1.29 is 18.7 Å². The fraction of sp³-hybridized carbons (Fsp3) is 0.440. The third-order valence-electron chi connectivity index (χ3n) is 14.6. The summed E-state index contributed by atoms with van der Waals surface area (Å²) in [5.41, 5.74) is 5.02. The summed E-state index contributed by atoms with van der Waals surface area (Å²) in [6.07, 6.45) is 10.8. The second-order valence-electron chi connectivity index (χ2n) is 19.9. The van der Waals surface area contributed by atoms with E-state index in [1.54, 1.807) is 54.5 Å². The number of halogens is 2. The Morgan fingerprint density at radius 3 is 2.41 bits per heavy atom. The van der Waals surface area contributed by atoms with Gasteiger partial charge in [0.15, 0.2) is 5.82 Å². The second-order valence-corrected chi connectivity index (χ2v) is 20.3. The monoisotopic (exact) mass is 954 g/mol. The summed E-state index contributed by atoms with van der Waals surface area (Å²) < 4.78 is 28.1. The highest BCUT2D eigenvalue weighted by atomic mass is 35.5. The van der Waals surface area contributed by atoms with Crippen molar-refractivity contribution >= 4 is 40.9 Å². The van der Waals surface area contributed by atoms with E-state index >= 15 is 4.39 Å². The van der Waals surface area contributed by atoms with Crippen LogP contribution in [-0.2, 0) is 44.3 Å². The SMILES string of the molecule is CC(=O)N1CCc2c(c(Nc3ccc(-c4cnn(C)c4)cc3F)nn2C2CCn3c(cnc3CN3CCN(c4ncc(C(=O)NC5C(C)(C)C(Oc6ccc(C#N)c(Cl)c6)C5(C)C)cn4)CC3)C2)C1. The summed E-state index contributed by atoms with van der Waals surface area (Å²) in [7, 11) is 1.83. The third kappa shape index (κ3) is 8.67. The van der Waals surface area contributed by atoms with Gasteiger partial charge in [0.1, 0.15) is 29.6 Å². The Balaban J connectivity index is 0.744. The zero-order chi connectivity index (χ0) is 48.4. The minimum atomic E-state index is -0.400. The van der Waals surface area contributed by atoms with Crippen molar-refractivity contribution in [3.63, 3.8) is 0 Å². The van der Waals surface area contributed by atoms with Crippen LogP contribution in [-0.4, -0.2) is 106 Å². The van der Waals surface area contributed by atoms with Crippen LogP contribution in [0.15, 0.2) is 67.4 Å². The number of ether oxygens (including phenoxy) is 1. The van der Waals surface area contributed by atoms with Crippen LogP contribution in [0.3, 0.4) is 0 Å².